The number of methoxy groups -OCH3 is 1. The Morgan fingerprint density at radius 3 is 2.87 bits per heavy atom. The molecule has 0 saturated carbocycles. The highest BCUT2D eigenvalue weighted by Crippen LogP contribution is 2.33. The number of benzene rings is 2. The first-order valence-electron chi connectivity index (χ1n) is 7.08. The lowest BCUT2D eigenvalue weighted by Gasteiger charge is -2.24. The average molecular weight is 311 g/mol. The van der Waals surface area contributed by atoms with Gasteiger partial charge in [-0.25, -0.2) is 14.4 Å². The molecule has 6 nitrogen and oxygen atoms in total. The third kappa shape index (κ3) is 2.09. The lowest BCUT2D eigenvalue weighted by atomic mass is 10.1. The molecular weight excluding hydrogens is 297 g/mol. The van der Waals surface area contributed by atoms with Gasteiger partial charge in [-0.1, -0.05) is 18.2 Å². The van der Waals surface area contributed by atoms with Gasteiger partial charge in [0.05, 0.1) is 18.1 Å². The molecule has 1 atom stereocenters. The number of hydrogen-bond donors (Lipinski definition) is 2. The summed E-state index contributed by atoms with van der Waals surface area (Å²) >= 11 is 0. The summed E-state index contributed by atoms with van der Waals surface area (Å²) in [5.41, 5.74) is 8.24. The minimum absolute atomic E-state index is 0.190. The van der Waals surface area contributed by atoms with Crippen molar-refractivity contribution in [2.75, 3.05) is 12.4 Å². The van der Waals surface area contributed by atoms with E-state index in [1.807, 2.05) is 28.8 Å². The molecule has 0 spiro atoms. The van der Waals surface area contributed by atoms with E-state index in [1.165, 1.54) is 13.2 Å². The lowest BCUT2D eigenvalue weighted by Crippen LogP contribution is -2.31. The van der Waals surface area contributed by atoms with Crippen molar-refractivity contribution < 1.29 is 9.13 Å². The van der Waals surface area contributed by atoms with Crippen molar-refractivity contribution in [3.63, 3.8) is 0 Å². The first kappa shape index (κ1) is 13.6. The second kappa shape index (κ2) is 4.98. The highest BCUT2D eigenvalue weighted by molar-refractivity contribution is 5.94. The molecule has 0 saturated heterocycles. The number of imidazole rings is 1. The molecule has 23 heavy (non-hydrogen) atoms. The molecule has 7 heteroatoms. The van der Waals surface area contributed by atoms with E-state index in [-0.39, 0.29) is 11.7 Å². The van der Waals surface area contributed by atoms with Gasteiger partial charge >= 0.3 is 0 Å². The Hall–Kier alpha value is -3.09. The van der Waals surface area contributed by atoms with Crippen molar-refractivity contribution in [2.45, 2.75) is 6.17 Å². The van der Waals surface area contributed by atoms with Crippen LogP contribution < -0.4 is 15.8 Å². The zero-order valence-electron chi connectivity index (χ0n) is 12.3. The summed E-state index contributed by atoms with van der Waals surface area (Å²) in [5.74, 6) is 0.576. The fourth-order valence-corrected chi connectivity index (χ4v) is 2.78. The second-order valence-electron chi connectivity index (χ2n) is 5.20. The maximum atomic E-state index is 14.1. The smallest absolute Gasteiger partial charge is 0.212 e. The fraction of sp³-hybridized carbons (Fsp3) is 0.125. The number of aliphatic imine (C=N–C) groups is 1. The number of aromatic nitrogens is 2. The SMILES string of the molecule is COc1ccc([C@@H]2N=C(N)Nc3nc4ccccc4n32)cc1F. The van der Waals surface area contributed by atoms with E-state index in [0.717, 1.165) is 11.0 Å². The van der Waals surface area contributed by atoms with Crippen LogP contribution in [0.5, 0.6) is 5.75 Å². The molecule has 2 aromatic carbocycles. The summed E-state index contributed by atoms with van der Waals surface area (Å²) in [6.07, 6.45) is -0.487. The molecule has 3 N–H and O–H groups in total. The summed E-state index contributed by atoms with van der Waals surface area (Å²) in [5, 5.41) is 2.95. The molecule has 0 bridgehead atoms. The van der Waals surface area contributed by atoms with Crippen molar-refractivity contribution in [1.29, 1.82) is 0 Å². The van der Waals surface area contributed by atoms with Gasteiger partial charge in [-0.2, -0.15) is 0 Å². The molecule has 0 aliphatic carbocycles. The molecular formula is C16H14FN5O. The number of para-hydroxylation sites is 2. The second-order valence-corrected chi connectivity index (χ2v) is 5.20. The Kier molecular flexibility index (Phi) is 2.94. The van der Waals surface area contributed by atoms with Crippen LogP contribution in [0.4, 0.5) is 10.3 Å². The monoisotopic (exact) mass is 311 g/mol. The average Bonchev–Trinajstić information content (AvgIpc) is 2.92. The number of ether oxygens (including phenoxy) is 1. The van der Waals surface area contributed by atoms with E-state index in [0.29, 0.717) is 11.5 Å². The maximum Gasteiger partial charge on any atom is 0.212 e. The topological polar surface area (TPSA) is 77.5 Å². The van der Waals surface area contributed by atoms with Crippen LogP contribution in [-0.2, 0) is 0 Å². The Morgan fingerprint density at radius 2 is 2.09 bits per heavy atom. The number of nitrogens with one attached hydrogen (secondary N) is 1. The summed E-state index contributed by atoms with van der Waals surface area (Å²) in [4.78, 5) is 8.92. The van der Waals surface area contributed by atoms with Gasteiger partial charge in [0.25, 0.3) is 0 Å². The van der Waals surface area contributed by atoms with Gasteiger partial charge in [-0.15, -0.1) is 0 Å². The van der Waals surface area contributed by atoms with Crippen LogP contribution in [0.25, 0.3) is 11.0 Å². The van der Waals surface area contributed by atoms with Crippen molar-refractivity contribution in [3.8, 4) is 5.75 Å². The number of guanidine groups is 1. The van der Waals surface area contributed by atoms with Gasteiger partial charge in [0.15, 0.2) is 23.7 Å². The van der Waals surface area contributed by atoms with Crippen LogP contribution in [0.2, 0.25) is 0 Å². The highest BCUT2D eigenvalue weighted by atomic mass is 19.1. The van der Waals surface area contributed by atoms with E-state index >= 15 is 0 Å². The number of nitrogens with zero attached hydrogens (tertiary/aromatic N) is 3. The third-order valence-electron chi connectivity index (χ3n) is 3.82. The Morgan fingerprint density at radius 1 is 1.26 bits per heavy atom. The van der Waals surface area contributed by atoms with Gasteiger partial charge in [0.2, 0.25) is 5.95 Å². The first-order valence-corrected chi connectivity index (χ1v) is 7.08. The molecule has 1 aromatic heterocycles. The van der Waals surface area contributed by atoms with Gasteiger partial charge in [-0.05, 0) is 24.3 Å². The van der Waals surface area contributed by atoms with Gasteiger partial charge < -0.3 is 10.5 Å². The van der Waals surface area contributed by atoms with E-state index in [1.54, 1.807) is 12.1 Å². The zero-order chi connectivity index (χ0) is 16.0. The number of anilines is 1. The number of rotatable bonds is 2. The number of fused-ring (bicyclic) bond motifs is 3. The molecule has 1 aliphatic rings. The van der Waals surface area contributed by atoms with Gasteiger partial charge in [0.1, 0.15) is 0 Å². The van der Waals surface area contributed by atoms with E-state index in [2.05, 4.69) is 15.3 Å². The predicted molar refractivity (Wildman–Crippen MR) is 86.1 cm³/mol. The maximum absolute atomic E-state index is 14.1. The van der Waals surface area contributed by atoms with Crippen LogP contribution in [0.1, 0.15) is 11.7 Å². The fourth-order valence-electron chi connectivity index (χ4n) is 2.78. The quantitative estimate of drug-likeness (QED) is 0.762. The number of hydrogen-bond acceptors (Lipinski definition) is 5. The van der Waals surface area contributed by atoms with E-state index in [9.17, 15) is 4.39 Å². The normalized spacial score (nSPS) is 16.6. The Labute approximate surface area is 131 Å². The largest absolute Gasteiger partial charge is 0.494 e. The first-order chi connectivity index (χ1) is 11.2. The van der Waals surface area contributed by atoms with Crippen LogP contribution in [0.3, 0.4) is 0 Å². The van der Waals surface area contributed by atoms with Crippen LogP contribution in [-0.4, -0.2) is 22.6 Å². The van der Waals surface area contributed by atoms with Crippen LogP contribution in [0.15, 0.2) is 47.5 Å². The number of nitrogens with two attached hydrogens (primary N) is 1. The molecule has 2 heterocycles. The summed E-state index contributed by atoms with van der Waals surface area (Å²) in [6, 6.07) is 12.4. The summed E-state index contributed by atoms with van der Waals surface area (Å²) in [6.45, 7) is 0. The van der Waals surface area contributed by atoms with Crippen molar-refractivity contribution in [3.05, 3.63) is 53.8 Å². The van der Waals surface area contributed by atoms with Crippen molar-refractivity contribution in [1.82, 2.24) is 9.55 Å². The summed E-state index contributed by atoms with van der Waals surface area (Å²) in [7, 11) is 1.43. The molecule has 116 valence electrons. The lowest BCUT2D eigenvalue weighted by molar-refractivity contribution is 0.385. The molecule has 3 aromatic rings. The Balaban J connectivity index is 1.91. The molecule has 0 fully saturated rings. The minimum atomic E-state index is -0.487. The third-order valence-corrected chi connectivity index (χ3v) is 3.82. The van der Waals surface area contributed by atoms with Gasteiger partial charge in [-0.3, -0.25) is 9.88 Å². The van der Waals surface area contributed by atoms with Gasteiger partial charge in [0, 0.05) is 5.56 Å². The molecule has 0 radical (unpaired) electrons. The van der Waals surface area contributed by atoms with E-state index < -0.39 is 12.0 Å². The van der Waals surface area contributed by atoms with E-state index in [4.69, 9.17) is 10.5 Å². The van der Waals surface area contributed by atoms with Crippen LogP contribution >= 0.6 is 0 Å². The molecule has 0 amide bonds. The molecule has 1 aliphatic heterocycles. The standard InChI is InChI=1S/C16H14FN5O/c1-23-13-7-6-9(8-10(13)17)14-20-15(18)21-16-19-11-4-2-3-5-12(11)22(14)16/h2-8,14H,1H3,(H3,18,19,20,21)/t14-/m1/s1. The Bertz CT molecular complexity index is 933. The molecule has 0 unspecified atom stereocenters. The highest BCUT2D eigenvalue weighted by Gasteiger charge is 2.25. The van der Waals surface area contributed by atoms with Crippen molar-refractivity contribution >= 4 is 22.9 Å². The number of halogens is 1. The minimum Gasteiger partial charge on any atom is -0.494 e. The molecule has 4 rings (SSSR count). The zero-order valence-corrected chi connectivity index (χ0v) is 12.3. The van der Waals surface area contributed by atoms with Crippen LogP contribution in [0, 0.1) is 5.82 Å². The van der Waals surface area contributed by atoms with Crippen molar-refractivity contribution in [2.24, 2.45) is 10.7 Å². The summed E-state index contributed by atoms with van der Waals surface area (Å²) < 4.78 is 20.9. The predicted octanol–water partition coefficient (Wildman–Crippen LogP) is 2.47.